The molecule has 2 aliphatic carbocycles. The van der Waals surface area contributed by atoms with Crippen LogP contribution in [0.2, 0.25) is 0 Å². The number of nitrogens with zero attached hydrogens (tertiary/aromatic N) is 1. The molecular formula is C28H47N. The molecule has 1 heteroatoms. The highest BCUT2D eigenvalue weighted by Crippen LogP contribution is 2.44. The lowest BCUT2D eigenvalue weighted by Gasteiger charge is -2.38. The topological polar surface area (TPSA) is 3.24 Å². The number of unbranched alkanes of at least 4 members (excludes halogenated alkanes) is 2. The van der Waals surface area contributed by atoms with Gasteiger partial charge in [0, 0.05) is 0 Å². The fraction of sp³-hybridized carbons (Fsp3) is 0.786. The van der Waals surface area contributed by atoms with E-state index < -0.39 is 0 Å². The van der Waals surface area contributed by atoms with Crippen LogP contribution >= 0.6 is 0 Å². The van der Waals surface area contributed by atoms with Crippen molar-refractivity contribution in [3.63, 3.8) is 0 Å². The lowest BCUT2D eigenvalue weighted by molar-refractivity contribution is 0.155. The zero-order chi connectivity index (χ0) is 20.5. The molecule has 0 bridgehead atoms. The van der Waals surface area contributed by atoms with Crippen molar-refractivity contribution in [3.05, 3.63) is 35.4 Å². The van der Waals surface area contributed by atoms with Crippen LogP contribution in [0.1, 0.15) is 107 Å². The van der Waals surface area contributed by atoms with E-state index in [2.05, 4.69) is 50.2 Å². The number of rotatable bonds is 10. The third-order valence-corrected chi connectivity index (χ3v) is 8.07. The SMILES string of the molecule is CCCCCC1CCC(C2CCC(c3ccc(CCCN(C)C)cc3)CC2)CC1. The van der Waals surface area contributed by atoms with Gasteiger partial charge in [-0.05, 0) is 107 Å². The van der Waals surface area contributed by atoms with Crippen LogP contribution in [0.3, 0.4) is 0 Å². The molecule has 164 valence electrons. The van der Waals surface area contributed by atoms with Crippen molar-refractivity contribution in [2.45, 2.75) is 103 Å². The van der Waals surface area contributed by atoms with Crippen LogP contribution in [0.5, 0.6) is 0 Å². The Bertz CT molecular complexity index is 544. The van der Waals surface area contributed by atoms with Crippen molar-refractivity contribution < 1.29 is 0 Å². The number of aryl methyl sites for hydroxylation is 1. The van der Waals surface area contributed by atoms with E-state index in [0.717, 1.165) is 23.7 Å². The molecule has 3 rings (SSSR count). The molecule has 0 saturated heterocycles. The summed E-state index contributed by atoms with van der Waals surface area (Å²) in [6, 6.07) is 9.68. The molecule has 0 radical (unpaired) electrons. The molecule has 2 fully saturated rings. The van der Waals surface area contributed by atoms with Crippen LogP contribution in [0.25, 0.3) is 0 Å². The van der Waals surface area contributed by atoms with E-state index in [1.54, 1.807) is 5.56 Å². The normalized spacial score (nSPS) is 28.0. The van der Waals surface area contributed by atoms with Gasteiger partial charge in [0.2, 0.25) is 0 Å². The second-order valence-corrected chi connectivity index (χ2v) is 10.5. The summed E-state index contributed by atoms with van der Waals surface area (Å²) in [5.41, 5.74) is 3.12. The van der Waals surface area contributed by atoms with Gasteiger partial charge in [-0.25, -0.2) is 0 Å². The van der Waals surface area contributed by atoms with Gasteiger partial charge in [0.1, 0.15) is 0 Å². The highest BCUT2D eigenvalue weighted by atomic mass is 15.0. The van der Waals surface area contributed by atoms with Gasteiger partial charge in [0.05, 0.1) is 0 Å². The molecule has 1 aromatic rings. The maximum Gasteiger partial charge on any atom is -0.00217 e. The van der Waals surface area contributed by atoms with E-state index in [4.69, 9.17) is 0 Å². The van der Waals surface area contributed by atoms with Gasteiger partial charge < -0.3 is 4.90 Å². The third-order valence-electron chi connectivity index (χ3n) is 8.07. The summed E-state index contributed by atoms with van der Waals surface area (Å²) < 4.78 is 0. The van der Waals surface area contributed by atoms with E-state index in [0.29, 0.717) is 0 Å². The minimum Gasteiger partial charge on any atom is -0.309 e. The summed E-state index contributed by atoms with van der Waals surface area (Å²) in [5.74, 6) is 3.98. The van der Waals surface area contributed by atoms with E-state index in [-0.39, 0.29) is 0 Å². The first-order chi connectivity index (χ1) is 14.2. The summed E-state index contributed by atoms with van der Waals surface area (Å²) >= 11 is 0. The molecule has 0 aliphatic heterocycles. The van der Waals surface area contributed by atoms with E-state index >= 15 is 0 Å². The Hall–Kier alpha value is -0.820. The maximum absolute atomic E-state index is 2.44. The first-order valence-corrected chi connectivity index (χ1v) is 12.9. The standard InChI is InChI=1S/C28H47N/c1-4-5-6-8-23-10-14-25(15-11-23)27-18-20-28(21-19-27)26-16-12-24(13-17-26)9-7-22-29(2)3/h12-13,16-17,23,25,27-28H,4-11,14-15,18-22H2,1-3H3. The minimum atomic E-state index is 0.826. The average molecular weight is 398 g/mol. The summed E-state index contributed by atoms with van der Waals surface area (Å²) in [5, 5.41) is 0. The van der Waals surface area contributed by atoms with Crippen LogP contribution in [0.4, 0.5) is 0 Å². The molecular weight excluding hydrogens is 350 g/mol. The van der Waals surface area contributed by atoms with E-state index in [1.807, 2.05) is 0 Å². The smallest absolute Gasteiger partial charge is 0.00217 e. The quantitative estimate of drug-likeness (QED) is 0.363. The van der Waals surface area contributed by atoms with Gasteiger partial charge in [-0.15, -0.1) is 0 Å². The molecule has 0 heterocycles. The fourth-order valence-electron chi connectivity index (χ4n) is 6.11. The van der Waals surface area contributed by atoms with Gasteiger partial charge in [-0.3, -0.25) is 0 Å². The Labute approximate surface area is 181 Å². The largest absolute Gasteiger partial charge is 0.309 e. The van der Waals surface area contributed by atoms with Gasteiger partial charge in [-0.1, -0.05) is 69.7 Å². The van der Waals surface area contributed by atoms with Crippen molar-refractivity contribution in [3.8, 4) is 0 Å². The zero-order valence-electron chi connectivity index (χ0n) is 19.7. The Kier molecular flexibility index (Phi) is 9.56. The van der Waals surface area contributed by atoms with Crippen molar-refractivity contribution >= 4 is 0 Å². The van der Waals surface area contributed by atoms with Gasteiger partial charge in [0.25, 0.3) is 0 Å². The molecule has 1 nitrogen and oxygen atoms in total. The highest BCUT2D eigenvalue weighted by Gasteiger charge is 2.31. The summed E-state index contributed by atoms with van der Waals surface area (Å²) in [6.07, 6.45) is 20.3. The molecule has 0 N–H and O–H groups in total. The van der Waals surface area contributed by atoms with Crippen molar-refractivity contribution in [2.75, 3.05) is 20.6 Å². The maximum atomic E-state index is 2.44. The average Bonchev–Trinajstić information content (AvgIpc) is 2.75. The predicted octanol–water partition coefficient (Wildman–Crippen LogP) is 7.84. The Morgan fingerprint density at radius 3 is 1.97 bits per heavy atom. The van der Waals surface area contributed by atoms with Crippen molar-refractivity contribution in [2.24, 2.45) is 17.8 Å². The first kappa shape index (κ1) is 22.9. The molecule has 2 aliphatic rings. The van der Waals surface area contributed by atoms with Crippen LogP contribution in [-0.4, -0.2) is 25.5 Å². The molecule has 0 aromatic heterocycles. The Morgan fingerprint density at radius 2 is 1.38 bits per heavy atom. The monoisotopic (exact) mass is 397 g/mol. The molecule has 29 heavy (non-hydrogen) atoms. The second-order valence-electron chi connectivity index (χ2n) is 10.5. The predicted molar refractivity (Wildman–Crippen MR) is 128 cm³/mol. The van der Waals surface area contributed by atoms with Gasteiger partial charge >= 0.3 is 0 Å². The van der Waals surface area contributed by atoms with Crippen molar-refractivity contribution in [1.82, 2.24) is 4.90 Å². The van der Waals surface area contributed by atoms with Crippen molar-refractivity contribution in [1.29, 1.82) is 0 Å². The minimum absolute atomic E-state index is 0.826. The van der Waals surface area contributed by atoms with Crippen LogP contribution in [-0.2, 0) is 6.42 Å². The highest BCUT2D eigenvalue weighted by molar-refractivity contribution is 5.26. The van der Waals surface area contributed by atoms with Gasteiger partial charge in [-0.2, -0.15) is 0 Å². The van der Waals surface area contributed by atoms with Crippen LogP contribution < -0.4 is 0 Å². The Balaban J connectivity index is 1.37. The fourth-order valence-corrected chi connectivity index (χ4v) is 6.11. The molecule has 0 spiro atoms. The molecule has 2 saturated carbocycles. The third kappa shape index (κ3) is 7.42. The zero-order valence-corrected chi connectivity index (χ0v) is 19.7. The number of hydrogen-bond acceptors (Lipinski definition) is 1. The number of benzene rings is 1. The first-order valence-electron chi connectivity index (χ1n) is 12.9. The Morgan fingerprint density at radius 1 is 0.759 bits per heavy atom. The molecule has 0 amide bonds. The lowest BCUT2D eigenvalue weighted by Crippen LogP contribution is -2.25. The molecule has 1 aromatic carbocycles. The van der Waals surface area contributed by atoms with E-state index in [1.165, 1.54) is 102 Å². The number of hydrogen-bond donors (Lipinski definition) is 0. The molecule has 0 atom stereocenters. The lowest BCUT2D eigenvalue weighted by atomic mass is 9.68. The van der Waals surface area contributed by atoms with Gasteiger partial charge in [0.15, 0.2) is 0 Å². The van der Waals surface area contributed by atoms with Crippen LogP contribution in [0, 0.1) is 17.8 Å². The second kappa shape index (κ2) is 12.1. The summed E-state index contributed by atoms with van der Waals surface area (Å²) in [6.45, 7) is 3.51. The molecule has 0 unspecified atom stereocenters. The summed E-state index contributed by atoms with van der Waals surface area (Å²) in [4.78, 5) is 2.28. The van der Waals surface area contributed by atoms with Crippen LogP contribution in [0.15, 0.2) is 24.3 Å². The summed E-state index contributed by atoms with van der Waals surface area (Å²) in [7, 11) is 4.33. The van der Waals surface area contributed by atoms with E-state index in [9.17, 15) is 0 Å².